The summed E-state index contributed by atoms with van der Waals surface area (Å²) in [5, 5.41) is 3.47. The van der Waals surface area contributed by atoms with Crippen LogP contribution in [0, 0.1) is 13.8 Å². The molecule has 114 valence electrons. The maximum Gasteiger partial charge on any atom is 0.0485 e. The first-order valence-electron chi connectivity index (χ1n) is 7.70. The monoisotopic (exact) mass is 295 g/mol. The van der Waals surface area contributed by atoms with Gasteiger partial charge in [-0.3, -0.25) is 4.21 Å². The second-order valence-corrected chi connectivity index (χ2v) is 7.17. The van der Waals surface area contributed by atoms with Gasteiger partial charge in [0.1, 0.15) is 0 Å². The van der Waals surface area contributed by atoms with Crippen LogP contribution < -0.4 is 5.32 Å². The Morgan fingerprint density at radius 1 is 1.15 bits per heavy atom. The first-order valence-corrected chi connectivity index (χ1v) is 9.19. The van der Waals surface area contributed by atoms with Gasteiger partial charge in [0.15, 0.2) is 0 Å². The van der Waals surface area contributed by atoms with Crippen LogP contribution in [0.5, 0.6) is 0 Å². The molecule has 1 aromatic carbocycles. The predicted octanol–water partition coefficient (Wildman–Crippen LogP) is 3.72. The van der Waals surface area contributed by atoms with Crippen LogP contribution >= 0.6 is 0 Å². The Morgan fingerprint density at radius 2 is 1.80 bits per heavy atom. The number of hydrogen-bond donors (Lipinski definition) is 1. The minimum atomic E-state index is -0.738. The zero-order valence-electron chi connectivity index (χ0n) is 13.4. The molecule has 0 aliphatic heterocycles. The molecule has 2 nitrogen and oxygen atoms in total. The summed E-state index contributed by atoms with van der Waals surface area (Å²) in [6.07, 6.45) is 3.32. The van der Waals surface area contributed by atoms with Crippen LogP contribution in [-0.4, -0.2) is 22.5 Å². The fourth-order valence-corrected chi connectivity index (χ4v) is 3.81. The highest BCUT2D eigenvalue weighted by Gasteiger charge is 2.07. The molecule has 0 bridgehead atoms. The molecule has 0 spiro atoms. The van der Waals surface area contributed by atoms with E-state index in [2.05, 4.69) is 51.2 Å². The minimum Gasteiger partial charge on any atom is -0.314 e. The van der Waals surface area contributed by atoms with E-state index in [0.29, 0.717) is 11.8 Å². The lowest BCUT2D eigenvalue weighted by Gasteiger charge is -2.15. The number of aryl methyl sites for hydroxylation is 2. The SMILES string of the molecule is CCNC(CC)CCCS(=O)Cc1cc(C)cc(C)c1. The van der Waals surface area contributed by atoms with Gasteiger partial charge < -0.3 is 5.32 Å². The van der Waals surface area contributed by atoms with Gasteiger partial charge in [-0.15, -0.1) is 0 Å². The van der Waals surface area contributed by atoms with E-state index in [4.69, 9.17) is 0 Å². The summed E-state index contributed by atoms with van der Waals surface area (Å²) in [7, 11) is -0.738. The molecule has 0 aliphatic carbocycles. The van der Waals surface area contributed by atoms with Gasteiger partial charge in [-0.25, -0.2) is 0 Å². The standard InChI is InChI=1S/C17H29NOS/c1-5-17(18-6-2)8-7-9-20(19)13-16-11-14(3)10-15(4)12-16/h10-12,17-18H,5-9,13H2,1-4H3. The van der Waals surface area contributed by atoms with Crippen LogP contribution in [0.2, 0.25) is 0 Å². The van der Waals surface area contributed by atoms with E-state index in [1.807, 2.05) is 0 Å². The summed E-state index contributed by atoms with van der Waals surface area (Å²) in [5.74, 6) is 1.51. The molecule has 3 heteroatoms. The molecular formula is C17H29NOS. The van der Waals surface area contributed by atoms with Crippen molar-refractivity contribution in [2.45, 2.75) is 58.8 Å². The molecule has 0 saturated carbocycles. The van der Waals surface area contributed by atoms with Gasteiger partial charge in [-0.2, -0.15) is 0 Å². The van der Waals surface area contributed by atoms with E-state index in [1.54, 1.807) is 0 Å². The average molecular weight is 295 g/mol. The molecule has 0 amide bonds. The molecule has 20 heavy (non-hydrogen) atoms. The zero-order valence-corrected chi connectivity index (χ0v) is 14.2. The predicted molar refractivity (Wildman–Crippen MR) is 89.6 cm³/mol. The van der Waals surface area contributed by atoms with Gasteiger partial charge in [-0.05, 0) is 45.2 Å². The first-order chi connectivity index (χ1) is 9.55. The van der Waals surface area contributed by atoms with Crippen molar-refractivity contribution in [3.63, 3.8) is 0 Å². The van der Waals surface area contributed by atoms with Gasteiger partial charge in [0, 0.05) is 28.3 Å². The van der Waals surface area contributed by atoms with Gasteiger partial charge in [-0.1, -0.05) is 43.2 Å². The summed E-state index contributed by atoms with van der Waals surface area (Å²) in [4.78, 5) is 0. The highest BCUT2D eigenvalue weighted by molar-refractivity contribution is 7.84. The largest absolute Gasteiger partial charge is 0.314 e. The molecule has 0 fully saturated rings. The Bertz CT molecular complexity index is 411. The molecule has 0 heterocycles. The quantitative estimate of drug-likeness (QED) is 0.752. The lowest BCUT2D eigenvalue weighted by atomic mass is 10.1. The summed E-state index contributed by atoms with van der Waals surface area (Å²) in [6, 6.07) is 7.05. The fraction of sp³-hybridized carbons (Fsp3) is 0.647. The Hall–Kier alpha value is -0.670. The Balaban J connectivity index is 2.36. The van der Waals surface area contributed by atoms with Crippen LogP contribution in [0.25, 0.3) is 0 Å². The third-order valence-electron chi connectivity index (χ3n) is 3.52. The van der Waals surface area contributed by atoms with Crippen molar-refractivity contribution in [2.24, 2.45) is 0 Å². The molecule has 2 unspecified atom stereocenters. The second kappa shape index (κ2) is 9.30. The minimum absolute atomic E-state index is 0.582. The lowest BCUT2D eigenvalue weighted by molar-refractivity contribution is 0.476. The molecule has 2 atom stereocenters. The average Bonchev–Trinajstić information content (AvgIpc) is 2.36. The summed E-state index contributed by atoms with van der Waals surface area (Å²) in [6.45, 7) is 9.56. The van der Waals surface area contributed by atoms with Crippen LogP contribution in [0.4, 0.5) is 0 Å². The lowest BCUT2D eigenvalue weighted by Crippen LogP contribution is -2.28. The van der Waals surface area contributed by atoms with Crippen molar-refractivity contribution in [3.8, 4) is 0 Å². The van der Waals surface area contributed by atoms with Crippen molar-refractivity contribution in [1.82, 2.24) is 5.32 Å². The van der Waals surface area contributed by atoms with Gasteiger partial charge >= 0.3 is 0 Å². The van der Waals surface area contributed by atoms with E-state index in [0.717, 1.165) is 31.6 Å². The molecule has 0 aromatic heterocycles. The zero-order chi connectivity index (χ0) is 15.0. The Labute approximate surface area is 126 Å². The number of hydrogen-bond acceptors (Lipinski definition) is 2. The van der Waals surface area contributed by atoms with Crippen molar-refractivity contribution in [1.29, 1.82) is 0 Å². The maximum absolute atomic E-state index is 12.2. The maximum atomic E-state index is 12.2. The van der Waals surface area contributed by atoms with Gasteiger partial charge in [0.2, 0.25) is 0 Å². The van der Waals surface area contributed by atoms with Crippen molar-refractivity contribution in [2.75, 3.05) is 12.3 Å². The van der Waals surface area contributed by atoms with Crippen molar-refractivity contribution in [3.05, 3.63) is 34.9 Å². The van der Waals surface area contributed by atoms with E-state index < -0.39 is 10.8 Å². The van der Waals surface area contributed by atoms with Crippen LogP contribution in [0.3, 0.4) is 0 Å². The topological polar surface area (TPSA) is 29.1 Å². The van der Waals surface area contributed by atoms with Crippen LogP contribution in [0.15, 0.2) is 18.2 Å². The molecular weight excluding hydrogens is 266 g/mol. The molecule has 0 saturated heterocycles. The normalized spacial score (nSPS) is 14.2. The third-order valence-corrected chi connectivity index (χ3v) is 4.92. The van der Waals surface area contributed by atoms with E-state index >= 15 is 0 Å². The Kier molecular flexibility index (Phi) is 8.08. The van der Waals surface area contributed by atoms with Gasteiger partial charge in [0.25, 0.3) is 0 Å². The number of nitrogens with one attached hydrogen (secondary N) is 1. The second-order valence-electron chi connectivity index (χ2n) is 5.59. The molecule has 1 aromatic rings. The highest BCUT2D eigenvalue weighted by Crippen LogP contribution is 2.12. The highest BCUT2D eigenvalue weighted by atomic mass is 32.2. The van der Waals surface area contributed by atoms with Crippen molar-refractivity contribution < 1.29 is 4.21 Å². The summed E-state index contributed by atoms with van der Waals surface area (Å²) < 4.78 is 12.2. The molecule has 0 radical (unpaired) electrons. The summed E-state index contributed by atoms with van der Waals surface area (Å²) >= 11 is 0. The van der Waals surface area contributed by atoms with E-state index in [1.165, 1.54) is 16.7 Å². The fourth-order valence-electron chi connectivity index (χ4n) is 2.64. The Morgan fingerprint density at radius 3 is 2.35 bits per heavy atom. The third kappa shape index (κ3) is 6.67. The number of benzene rings is 1. The smallest absolute Gasteiger partial charge is 0.0485 e. The van der Waals surface area contributed by atoms with Crippen LogP contribution in [-0.2, 0) is 16.6 Å². The van der Waals surface area contributed by atoms with Crippen LogP contribution in [0.1, 0.15) is 49.8 Å². The van der Waals surface area contributed by atoms with E-state index in [-0.39, 0.29) is 0 Å². The molecule has 0 aliphatic rings. The van der Waals surface area contributed by atoms with Crippen molar-refractivity contribution >= 4 is 10.8 Å². The number of rotatable bonds is 9. The molecule has 1 rings (SSSR count). The first kappa shape index (κ1) is 17.4. The summed E-state index contributed by atoms with van der Waals surface area (Å²) in [5.41, 5.74) is 3.73. The van der Waals surface area contributed by atoms with Gasteiger partial charge in [0.05, 0.1) is 0 Å². The molecule has 1 N–H and O–H groups in total. The van der Waals surface area contributed by atoms with E-state index in [9.17, 15) is 4.21 Å².